The quantitative estimate of drug-likeness (QED) is 0.263. The fraction of sp³-hybridized carbons (Fsp3) is 0.406. The Morgan fingerprint density at radius 2 is 1.62 bits per heavy atom. The second-order valence-electron chi connectivity index (χ2n) is 11.0. The van der Waals surface area contributed by atoms with Crippen LogP contribution in [0, 0.1) is 5.92 Å². The molecule has 3 aromatic rings. The fourth-order valence-corrected chi connectivity index (χ4v) is 9.03. The number of methoxy groups -OCH3 is 2. The Balaban J connectivity index is 1.42. The lowest BCUT2D eigenvalue weighted by molar-refractivity contribution is -0.133. The SMILES string of the molecule is CCOC(=O)c1ccc(N2C(=O)C3Sc4c(sc(=O)n4CC(=O)N4CCCCC4)[C@H](c4ccc(OC)c(OC)c4)C3C2=O)cc1. The number of carbonyl (C=O) groups excluding carboxylic acids is 4. The zero-order valence-electron chi connectivity index (χ0n) is 25.1. The number of likely N-dealkylation sites (tertiary alicyclic amines) is 1. The predicted octanol–water partition coefficient (Wildman–Crippen LogP) is 3.91. The molecule has 2 aromatic carbocycles. The van der Waals surface area contributed by atoms with E-state index in [1.807, 2.05) is 6.07 Å². The van der Waals surface area contributed by atoms with Gasteiger partial charge in [0.2, 0.25) is 17.7 Å². The third-order valence-corrected chi connectivity index (χ3v) is 11.1. The van der Waals surface area contributed by atoms with Crippen molar-refractivity contribution in [1.82, 2.24) is 9.47 Å². The van der Waals surface area contributed by atoms with Crippen LogP contribution in [0.25, 0.3) is 0 Å². The number of esters is 1. The third kappa shape index (κ3) is 5.52. The van der Waals surface area contributed by atoms with Crippen LogP contribution in [0.3, 0.4) is 0 Å². The van der Waals surface area contributed by atoms with Gasteiger partial charge in [0.25, 0.3) is 0 Å². The van der Waals surface area contributed by atoms with Crippen LogP contribution in [0.2, 0.25) is 0 Å². The van der Waals surface area contributed by atoms with Gasteiger partial charge in [-0.25, -0.2) is 9.69 Å². The molecule has 6 rings (SSSR count). The number of ether oxygens (including phenoxy) is 3. The number of hydrogen-bond donors (Lipinski definition) is 0. The molecule has 2 unspecified atom stereocenters. The number of imide groups is 1. The minimum absolute atomic E-state index is 0.130. The number of nitrogens with zero attached hydrogens (tertiary/aromatic N) is 3. The van der Waals surface area contributed by atoms with Gasteiger partial charge in [-0.2, -0.15) is 0 Å². The van der Waals surface area contributed by atoms with Gasteiger partial charge in [-0.05, 0) is 68.1 Å². The number of hydrogen-bond acceptors (Lipinski definition) is 10. The highest BCUT2D eigenvalue weighted by Gasteiger charge is 2.57. The van der Waals surface area contributed by atoms with Crippen LogP contribution >= 0.6 is 23.1 Å². The maximum Gasteiger partial charge on any atom is 0.338 e. The number of anilines is 1. The molecule has 236 valence electrons. The van der Waals surface area contributed by atoms with Crippen LogP contribution in [-0.2, 0) is 25.7 Å². The van der Waals surface area contributed by atoms with E-state index in [0.717, 1.165) is 35.5 Å². The van der Waals surface area contributed by atoms with Crippen molar-refractivity contribution in [3.63, 3.8) is 0 Å². The van der Waals surface area contributed by atoms with Gasteiger partial charge in [0, 0.05) is 23.9 Å². The van der Waals surface area contributed by atoms with Gasteiger partial charge in [-0.1, -0.05) is 29.2 Å². The molecule has 0 spiro atoms. The summed E-state index contributed by atoms with van der Waals surface area (Å²) in [7, 11) is 3.04. The van der Waals surface area contributed by atoms with E-state index < -0.39 is 34.9 Å². The summed E-state index contributed by atoms with van der Waals surface area (Å²) in [6, 6.07) is 11.5. The Morgan fingerprint density at radius 1 is 0.911 bits per heavy atom. The molecule has 11 nitrogen and oxygen atoms in total. The smallest absolute Gasteiger partial charge is 0.338 e. The number of rotatable bonds is 8. The normalized spacial score (nSPS) is 20.9. The summed E-state index contributed by atoms with van der Waals surface area (Å²) < 4.78 is 17.5. The van der Waals surface area contributed by atoms with Gasteiger partial charge in [-0.15, -0.1) is 0 Å². The molecule has 3 aliphatic rings. The molecule has 45 heavy (non-hydrogen) atoms. The number of amides is 3. The number of thiazole rings is 1. The molecule has 0 saturated carbocycles. The zero-order chi connectivity index (χ0) is 31.8. The highest BCUT2D eigenvalue weighted by atomic mass is 32.2. The average molecular weight is 652 g/mol. The summed E-state index contributed by atoms with van der Waals surface area (Å²) in [5, 5.41) is -0.324. The summed E-state index contributed by atoms with van der Waals surface area (Å²) >= 11 is 2.17. The van der Waals surface area contributed by atoms with E-state index in [0.29, 0.717) is 51.3 Å². The van der Waals surface area contributed by atoms with Crippen molar-refractivity contribution in [1.29, 1.82) is 0 Å². The Morgan fingerprint density at radius 3 is 2.29 bits per heavy atom. The molecule has 3 aliphatic heterocycles. The van der Waals surface area contributed by atoms with E-state index in [-0.39, 0.29) is 23.9 Å². The van der Waals surface area contributed by atoms with Crippen LogP contribution in [0.1, 0.15) is 52.9 Å². The van der Waals surface area contributed by atoms with Crippen molar-refractivity contribution >= 4 is 52.5 Å². The molecular weight excluding hydrogens is 618 g/mol. The molecule has 2 fully saturated rings. The van der Waals surface area contributed by atoms with Gasteiger partial charge >= 0.3 is 10.8 Å². The van der Waals surface area contributed by atoms with Crippen molar-refractivity contribution in [2.75, 3.05) is 38.8 Å². The van der Waals surface area contributed by atoms with Crippen LogP contribution in [0.4, 0.5) is 5.69 Å². The van der Waals surface area contributed by atoms with Crippen LogP contribution < -0.4 is 19.2 Å². The van der Waals surface area contributed by atoms with Crippen molar-refractivity contribution < 1.29 is 33.4 Å². The molecule has 3 atom stereocenters. The first-order chi connectivity index (χ1) is 21.8. The maximum atomic E-state index is 14.2. The van der Waals surface area contributed by atoms with Gasteiger partial charge < -0.3 is 19.1 Å². The third-order valence-electron chi connectivity index (χ3n) is 8.45. The monoisotopic (exact) mass is 651 g/mol. The Kier molecular flexibility index (Phi) is 8.74. The van der Waals surface area contributed by atoms with Crippen LogP contribution in [0.15, 0.2) is 52.3 Å². The van der Waals surface area contributed by atoms with Crippen molar-refractivity contribution in [2.45, 2.75) is 48.9 Å². The first kappa shape index (κ1) is 30.9. The first-order valence-corrected chi connectivity index (χ1v) is 16.5. The number of carbonyl (C=O) groups is 4. The molecule has 1 aromatic heterocycles. The van der Waals surface area contributed by atoms with Crippen LogP contribution in [-0.4, -0.2) is 72.3 Å². The Labute approximate surface area is 268 Å². The van der Waals surface area contributed by atoms with Gasteiger partial charge in [0.1, 0.15) is 11.8 Å². The Bertz CT molecular complexity index is 1710. The summed E-state index contributed by atoms with van der Waals surface area (Å²) in [5.74, 6) is -2.02. The lowest BCUT2D eigenvalue weighted by Gasteiger charge is -2.31. The van der Waals surface area contributed by atoms with Crippen molar-refractivity contribution in [3.05, 3.63) is 68.1 Å². The van der Waals surface area contributed by atoms with E-state index in [9.17, 15) is 24.0 Å². The topological polar surface area (TPSA) is 124 Å². The van der Waals surface area contributed by atoms with Gasteiger partial charge in [-0.3, -0.25) is 23.7 Å². The van der Waals surface area contributed by atoms with Gasteiger partial charge in [0.15, 0.2) is 11.5 Å². The summed E-state index contributed by atoms with van der Waals surface area (Å²) in [5.41, 5.74) is 1.32. The lowest BCUT2D eigenvalue weighted by Crippen LogP contribution is -2.39. The highest BCUT2D eigenvalue weighted by molar-refractivity contribution is 8.00. The molecule has 0 N–H and O–H groups in total. The van der Waals surface area contributed by atoms with Crippen LogP contribution in [0.5, 0.6) is 11.5 Å². The van der Waals surface area contributed by atoms with Gasteiger partial charge in [0.05, 0.1) is 43.0 Å². The minimum Gasteiger partial charge on any atom is -0.493 e. The number of fused-ring (bicyclic) bond motifs is 2. The number of benzene rings is 2. The predicted molar refractivity (Wildman–Crippen MR) is 168 cm³/mol. The number of piperidine rings is 1. The number of aromatic nitrogens is 1. The summed E-state index contributed by atoms with van der Waals surface area (Å²) in [6.07, 6.45) is 2.92. The van der Waals surface area contributed by atoms with E-state index in [1.54, 1.807) is 36.1 Å². The molecule has 2 saturated heterocycles. The lowest BCUT2D eigenvalue weighted by atomic mass is 9.83. The standard InChI is InChI=1S/C32H33N3O8S2/c1-4-43-31(39)18-8-11-20(12-9-18)35-28(37)25-24(19-10-13-21(41-2)22(16-19)42-3)27-30(44-26(25)29(35)38)34(32(40)45-27)17-23(36)33-14-6-5-7-15-33/h8-13,16,24-26H,4-7,14-15,17H2,1-3H3/t24-,25?,26?/m1/s1. The Hall–Kier alpha value is -4.10. The molecular formula is C32H33N3O8S2. The molecule has 0 aliphatic carbocycles. The summed E-state index contributed by atoms with van der Waals surface area (Å²) in [6.45, 7) is 3.12. The molecule has 0 bridgehead atoms. The second kappa shape index (κ2) is 12.7. The van der Waals surface area contributed by atoms with E-state index in [1.165, 1.54) is 42.7 Å². The first-order valence-electron chi connectivity index (χ1n) is 14.8. The minimum atomic E-state index is -0.849. The second-order valence-corrected chi connectivity index (χ2v) is 13.1. The van der Waals surface area contributed by atoms with Crippen molar-refractivity contribution in [3.8, 4) is 11.5 Å². The largest absolute Gasteiger partial charge is 0.493 e. The molecule has 13 heteroatoms. The molecule has 3 amide bonds. The molecule has 4 heterocycles. The maximum absolute atomic E-state index is 14.2. The zero-order valence-corrected chi connectivity index (χ0v) is 26.8. The van der Waals surface area contributed by atoms with E-state index >= 15 is 0 Å². The van der Waals surface area contributed by atoms with E-state index in [4.69, 9.17) is 14.2 Å². The highest BCUT2D eigenvalue weighted by Crippen LogP contribution is 2.54. The average Bonchev–Trinajstić information content (AvgIpc) is 3.51. The van der Waals surface area contributed by atoms with Crippen molar-refractivity contribution in [2.24, 2.45) is 5.92 Å². The summed E-state index contributed by atoms with van der Waals surface area (Å²) in [4.78, 5) is 70.5. The fourth-order valence-electron chi connectivity index (χ4n) is 6.25. The molecule has 0 radical (unpaired) electrons. The van der Waals surface area contributed by atoms with E-state index in [2.05, 4.69) is 0 Å². The number of thioether (sulfide) groups is 1.